The Morgan fingerprint density at radius 3 is 2.70 bits per heavy atom. The van der Waals surface area contributed by atoms with E-state index < -0.39 is 0 Å². The number of hydrogen-bond donors (Lipinski definition) is 1. The zero-order valence-corrected chi connectivity index (χ0v) is 6.38. The Bertz CT molecular complexity index is 209. The van der Waals surface area contributed by atoms with Crippen LogP contribution in [0.15, 0.2) is 4.52 Å². The minimum absolute atomic E-state index is 0.164. The molecule has 1 N–H and O–H groups in total. The van der Waals surface area contributed by atoms with Gasteiger partial charge in [0, 0.05) is 6.92 Å². The number of aromatic nitrogens is 2. The smallest absolute Gasteiger partial charge is 0.223 e. The van der Waals surface area contributed by atoms with E-state index in [0.29, 0.717) is 11.7 Å². The third kappa shape index (κ3) is 1.33. The molecular weight excluding hydrogens is 130 g/mol. The van der Waals surface area contributed by atoms with Gasteiger partial charge in [-0.25, -0.2) is 0 Å². The second-order valence-corrected chi connectivity index (χ2v) is 2.18. The highest BCUT2D eigenvalue weighted by Gasteiger charge is 2.08. The Morgan fingerprint density at radius 2 is 2.30 bits per heavy atom. The van der Waals surface area contributed by atoms with E-state index in [4.69, 9.17) is 4.52 Å². The van der Waals surface area contributed by atoms with Crippen molar-refractivity contribution in [2.75, 3.05) is 7.05 Å². The number of hydrogen-bond acceptors (Lipinski definition) is 4. The average molecular weight is 141 g/mol. The molecule has 56 valence electrons. The van der Waals surface area contributed by atoms with Gasteiger partial charge in [0.1, 0.15) is 0 Å². The van der Waals surface area contributed by atoms with Crippen molar-refractivity contribution in [1.29, 1.82) is 0 Å². The van der Waals surface area contributed by atoms with Gasteiger partial charge in [-0.05, 0) is 14.0 Å². The van der Waals surface area contributed by atoms with Crippen LogP contribution in [0.4, 0.5) is 0 Å². The molecule has 0 aliphatic carbocycles. The summed E-state index contributed by atoms with van der Waals surface area (Å²) in [5.41, 5.74) is 0. The fourth-order valence-electron chi connectivity index (χ4n) is 0.620. The van der Waals surface area contributed by atoms with Crippen molar-refractivity contribution in [1.82, 2.24) is 15.5 Å². The maximum atomic E-state index is 4.79. The van der Waals surface area contributed by atoms with Gasteiger partial charge in [0.2, 0.25) is 5.89 Å². The lowest BCUT2D eigenvalue weighted by Gasteiger charge is -2.01. The fourth-order valence-corrected chi connectivity index (χ4v) is 0.620. The normalized spacial score (nSPS) is 13.5. The molecular formula is C6H11N3O. The van der Waals surface area contributed by atoms with Crippen molar-refractivity contribution in [3.05, 3.63) is 11.7 Å². The SMILES string of the molecule is CN[C@H](C)c1noc(C)n1. The van der Waals surface area contributed by atoms with Crippen LogP contribution in [0.3, 0.4) is 0 Å². The minimum atomic E-state index is 0.164. The predicted octanol–water partition coefficient (Wildman–Crippen LogP) is 0.658. The summed E-state index contributed by atoms with van der Waals surface area (Å²) in [4.78, 5) is 4.04. The molecule has 0 fully saturated rings. The Balaban J connectivity index is 2.74. The Kier molecular flexibility index (Phi) is 2.01. The molecule has 1 aromatic heterocycles. The van der Waals surface area contributed by atoms with Gasteiger partial charge in [-0.1, -0.05) is 5.16 Å². The van der Waals surface area contributed by atoms with Crippen LogP contribution >= 0.6 is 0 Å². The van der Waals surface area contributed by atoms with Crippen molar-refractivity contribution in [3.63, 3.8) is 0 Å². The first-order valence-electron chi connectivity index (χ1n) is 3.21. The maximum absolute atomic E-state index is 4.79. The molecule has 0 amide bonds. The van der Waals surface area contributed by atoms with Gasteiger partial charge >= 0.3 is 0 Å². The van der Waals surface area contributed by atoms with E-state index in [9.17, 15) is 0 Å². The molecule has 1 rings (SSSR count). The van der Waals surface area contributed by atoms with Crippen LogP contribution in [-0.2, 0) is 0 Å². The number of nitrogens with one attached hydrogen (secondary N) is 1. The second-order valence-electron chi connectivity index (χ2n) is 2.18. The topological polar surface area (TPSA) is 51.0 Å². The summed E-state index contributed by atoms with van der Waals surface area (Å²) >= 11 is 0. The van der Waals surface area contributed by atoms with Crippen molar-refractivity contribution in [3.8, 4) is 0 Å². The van der Waals surface area contributed by atoms with Gasteiger partial charge in [-0.3, -0.25) is 0 Å². The molecule has 0 bridgehead atoms. The molecule has 0 spiro atoms. The third-order valence-electron chi connectivity index (χ3n) is 1.36. The number of aryl methyl sites for hydroxylation is 1. The molecule has 0 saturated heterocycles. The first-order valence-corrected chi connectivity index (χ1v) is 3.21. The molecule has 4 nitrogen and oxygen atoms in total. The summed E-state index contributed by atoms with van der Waals surface area (Å²) in [5.74, 6) is 1.32. The standard InChI is InChI=1S/C6H11N3O/c1-4(7-3)6-8-5(2)10-9-6/h4,7H,1-3H3/t4-/m1/s1. The van der Waals surface area contributed by atoms with Gasteiger partial charge in [0.25, 0.3) is 0 Å². The van der Waals surface area contributed by atoms with E-state index in [1.54, 1.807) is 6.92 Å². The summed E-state index contributed by atoms with van der Waals surface area (Å²) in [5, 5.41) is 6.75. The van der Waals surface area contributed by atoms with Crippen molar-refractivity contribution in [2.24, 2.45) is 0 Å². The predicted molar refractivity (Wildman–Crippen MR) is 36.5 cm³/mol. The summed E-state index contributed by atoms with van der Waals surface area (Å²) in [6, 6.07) is 0.164. The van der Waals surface area contributed by atoms with E-state index in [1.807, 2.05) is 14.0 Å². The van der Waals surface area contributed by atoms with Crippen molar-refractivity contribution < 1.29 is 4.52 Å². The minimum Gasteiger partial charge on any atom is -0.340 e. The molecule has 1 atom stereocenters. The summed E-state index contributed by atoms with van der Waals surface area (Å²) < 4.78 is 4.79. The molecule has 0 aliphatic heterocycles. The average Bonchev–Trinajstić information content (AvgIpc) is 2.34. The lowest BCUT2D eigenvalue weighted by atomic mass is 10.3. The zero-order valence-electron chi connectivity index (χ0n) is 6.38. The summed E-state index contributed by atoms with van der Waals surface area (Å²) in [6.07, 6.45) is 0. The van der Waals surface area contributed by atoms with Crippen LogP contribution < -0.4 is 5.32 Å². The van der Waals surface area contributed by atoms with Gasteiger partial charge in [-0.2, -0.15) is 4.98 Å². The Morgan fingerprint density at radius 1 is 1.60 bits per heavy atom. The van der Waals surface area contributed by atoms with Gasteiger partial charge in [0.15, 0.2) is 5.82 Å². The van der Waals surface area contributed by atoms with E-state index in [2.05, 4.69) is 15.5 Å². The van der Waals surface area contributed by atoms with Gasteiger partial charge < -0.3 is 9.84 Å². The maximum Gasteiger partial charge on any atom is 0.223 e. The van der Waals surface area contributed by atoms with Gasteiger partial charge in [-0.15, -0.1) is 0 Å². The quantitative estimate of drug-likeness (QED) is 0.657. The first kappa shape index (κ1) is 7.21. The third-order valence-corrected chi connectivity index (χ3v) is 1.36. The van der Waals surface area contributed by atoms with Crippen LogP contribution in [0.2, 0.25) is 0 Å². The molecule has 4 heteroatoms. The zero-order chi connectivity index (χ0) is 7.56. The van der Waals surface area contributed by atoms with E-state index >= 15 is 0 Å². The van der Waals surface area contributed by atoms with E-state index in [-0.39, 0.29) is 6.04 Å². The molecule has 0 aromatic carbocycles. The molecule has 0 aliphatic rings. The molecule has 1 aromatic rings. The molecule has 0 unspecified atom stereocenters. The van der Waals surface area contributed by atoms with Crippen molar-refractivity contribution >= 4 is 0 Å². The highest BCUT2D eigenvalue weighted by molar-refractivity contribution is 4.89. The van der Waals surface area contributed by atoms with Crippen LogP contribution in [0.5, 0.6) is 0 Å². The summed E-state index contributed by atoms with van der Waals surface area (Å²) in [6.45, 7) is 3.75. The summed E-state index contributed by atoms with van der Waals surface area (Å²) in [7, 11) is 1.86. The van der Waals surface area contributed by atoms with Gasteiger partial charge in [0.05, 0.1) is 6.04 Å². The van der Waals surface area contributed by atoms with Crippen LogP contribution in [-0.4, -0.2) is 17.2 Å². The van der Waals surface area contributed by atoms with E-state index in [0.717, 1.165) is 0 Å². The molecule has 1 heterocycles. The highest BCUT2D eigenvalue weighted by Crippen LogP contribution is 2.05. The Hall–Kier alpha value is -0.900. The molecule has 0 saturated carbocycles. The van der Waals surface area contributed by atoms with E-state index in [1.165, 1.54) is 0 Å². The molecule has 0 radical (unpaired) electrons. The van der Waals surface area contributed by atoms with Crippen molar-refractivity contribution in [2.45, 2.75) is 19.9 Å². The first-order chi connectivity index (χ1) is 4.74. The second kappa shape index (κ2) is 2.79. The lowest BCUT2D eigenvalue weighted by molar-refractivity contribution is 0.381. The lowest BCUT2D eigenvalue weighted by Crippen LogP contribution is -2.13. The fraction of sp³-hybridized carbons (Fsp3) is 0.667. The highest BCUT2D eigenvalue weighted by atomic mass is 16.5. The Labute approximate surface area is 59.6 Å². The monoisotopic (exact) mass is 141 g/mol. The van der Waals surface area contributed by atoms with Crippen LogP contribution in [0.25, 0.3) is 0 Å². The number of rotatable bonds is 2. The largest absolute Gasteiger partial charge is 0.340 e. The number of nitrogens with zero attached hydrogens (tertiary/aromatic N) is 2. The van der Waals surface area contributed by atoms with Crippen LogP contribution in [0, 0.1) is 6.92 Å². The molecule has 10 heavy (non-hydrogen) atoms. The van der Waals surface area contributed by atoms with Crippen LogP contribution in [0.1, 0.15) is 24.7 Å².